The van der Waals surface area contributed by atoms with Crippen LogP contribution in [-0.2, 0) is 11.3 Å². The molecule has 0 aliphatic carbocycles. The number of hydrogen-bond acceptors (Lipinski definition) is 6. The van der Waals surface area contributed by atoms with E-state index in [1.54, 1.807) is 18.6 Å². The lowest BCUT2D eigenvalue weighted by molar-refractivity contribution is 0.0602. The van der Waals surface area contributed by atoms with Crippen LogP contribution in [0.3, 0.4) is 0 Å². The van der Waals surface area contributed by atoms with Crippen molar-refractivity contribution in [1.29, 1.82) is 0 Å². The van der Waals surface area contributed by atoms with Gasteiger partial charge in [0.1, 0.15) is 5.82 Å². The Kier molecular flexibility index (Phi) is 5.14. The van der Waals surface area contributed by atoms with E-state index in [0.717, 1.165) is 25.9 Å². The minimum atomic E-state index is -0.460. The van der Waals surface area contributed by atoms with E-state index in [1.807, 2.05) is 10.8 Å². The molecule has 0 bridgehead atoms. The molecule has 2 rings (SSSR count). The molecule has 3 N–H and O–H groups in total. The highest BCUT2D eigenvalue weighted by atomic mass is 16.5. The van der Waals surface area contributed by atoms with Crippen molar-refractivity contribution in [2.75, 3.05) is 24.7 Å². The van der Waals surface area contributed by atoms with Gasteiger partial charge in [-0.3, -0.25) is 0 Å². The summed E-state index contributed by atoms with van der Waals surface area (Å²) < 4.78 is 6.71. The van der Waals surface area contributed by atoms with Gasteiger partial charge in [-0.2, -0.15) is 0 Å². The number of pyridine rings is 1. The Labute approximate surface area is 123 Å². The molecule has 7 heteroatoms. The molecular formula is C14H19N5O2. The lowest BCUT2D eigenvalue weighted by Crippen LogP contribution is -2.11. The average molecular weight is 289 g/mol. The van der Waals surface area contributed by atoms with Crippen molar-refractivity contribution >= 4 is 17.5 Å². The molecule has 112 valence electrons. The average Bonchev–Trinajstić information content (AvgIpc) is 3.01. The van der Waals surface area contributed by atoms with E-state index < -0.39 is 5.97 Å². The van der Waals surface area contributed by atoms with E-state index in [0.29, 0.717) is 17.1 Å². The molecule has 2 aromatic heterocycles. The first kappa shape index (κ1) is 14.8. The first-order valence-electron chi connectivity index (χ1n) is 6.74. The van der Waals surface area contributed by atoms with Gasteiger partial charge in [-0.15, -0.1) is 0 Å². The number of carbonyl (C=O) groups is 1. The van der Waals surface area contributed by atoms with Crippen LogP contribution in [0.25, 0.3) is 0 Å². The fourth-order valence-corrected chi connectivity index (χ4v) is 1.95. The molecule has 0 aliphatic heterocycles. The molecule has 0 unspecified atom stereocenters. The summed E-state index contributed by atoms with van der Waals surface area (Å²) in [6, 6.07) is 1.55. The van der Waals surface area contributed by atoms with Crippen LogP contribution < -0.4 is 11.1 Å². The Morgan fingerprint density at radius 2 is 2.29 bits per heavy atom. The minimum Gasteiger partial charge on any atom is -0.465 e. The van der Waals surface area contributed by atoms with E-state index in [9.17, 15) is 4.79 Å². The lowest BCUT2D eigenvalue weighted by Gasteiger charge is -2.10. The number of carbonyl (C=O) groups excluding carboxylic acids is 1. The Morgan fingerprint density at radius 1 is 1.43 bits per heavy atom. The van der Waals surface area contributed by atoms with Gasteiger partial charge in [-0.25, -0.2) is 14.8 Å². The number of nitrogens with two attached hydrogens (primary N) is 1. The molecule has 7 nitrogen and oxygen atoms in total. The fourth-order valence-electron chi connectivity index (χ4n) is 1.95. The quantitative estimate of drug-likeness (QED) is 0.593. The summed E-state index contributed by atoms with van der Waals surface area (Å²) in [7, 11) is 1.32. The van der Waals surface area contributed by atoms with Gasteiger partial charge in [0.2, 0.25) is 0 Å². The number of unbranched alkanes of at least 4 members (excludes halogenated alkanes) is 1. The second-order valence-corrected chi connectivity index (χ2v) is 4.55. The van der Waals surface area contributed by atoms with Crippen LogP contribution in [0.15, 0.2) is 31.0 Å². The molecule has 0 amide bonds. The monoisotopic (exact) mass is 289 g/mol. The fraction of sp³-hybridized carbons (Fsp3) is 0.357. The number of nitrogens with zero attached hydrogens (tertiary/aromatic N) is 3. The summed E-state index contributed by atoms with van der Waals surface area (Å²) in [6.07, 6.45) is 9.01. The third-order valence-corrected chi connectivity index (χ3v) is 3.09. The SMILES string of the molecule is COC(=O)c1ccnc(NCCCCn2ccnc2)c1N. The molecule has 0 radical (unpaired) electrons. The zero-order valence-electron chi connectivity index (χ0n) is 12.0. The van der Waals surface area contributed by atoms with Gasteiger partial charge in [-0.05, 0) is 18.9 Å². The van der Waals surface area contributed by atoms with Crippen LogP contribution in [-0.4, -0.2) is 34.2 Å². The smallest absolute Gasteiger partial charge is 0.340 e. The van der Waals surface area contributed by atoms with Crippen molar-refractivity contribution in [1.82, 2.24) is 14.5 Å². The van der Waals surface area contributed by atoms with Gasteiger partial charge in [0, 0.05) is 31.7 Å². The maximum atomic E-state index is 11.5. The number of esters is 1. The molecule has 21 heavy (non-hydrogen) atoms. The van der Waals surface area contributed by atoms with Crippen LogP contribution in [0, 0.1) is 0 Å². The van der Waals surface area contributed by atoms with E-state index in [2.05, 4.69) is 20.0 Å². The number of aromatic nitrogens is 3. The maximum absolute atomic E-state index is 11.5. The third-order valence-electron chi connectivity index (χ3n) is 3.09. The number of anilines is 2. The second kappa shape index (κ2) is 7.28. The van der Waals surface area contributed by atoms with Crippen molar-refractivity contribution in [3.8, 4) is 0 Å². The summed E-state index contributed by atoms with van der Waals surface area (Å²) in [5, 5.41) is 3.14. The van der Waals surface area contributed by atoms with Crippen LogP contribution >= 0.6 is 0 Å². The molecule has 0 fully saturated rings. The number of rotatable bonds is 7. The summed E-state index contributed by atoms with van der Waals surface area (Å²) in [5.74, 6) is 0.0542. The van der Waals surface area contributed by atoms with Crippen molar-refractivity contribution in [2.24, 2.45) is 0 Å². The Morgan fingerprint density at radius 3 is 3.00 bits per heavy atom. The number of ether oxygens (including phenoxy) is 1. The molecule has 0 aromatic carbocycles. The molecule has 0 aliphatic rings. The summed E-state index contributed by atoms with van der Waals surface area (Å²) in [4.78, 5) is 19.7. The highest BCUT2D eigenvalue weighted by Gasteiger charge is 2.13. The largest absolute Gasteiger partial charge is 0.465 e. The zero-order valence-corrected chi connectivity index (χ0v) is 12.0. The summed E-state index contributed by atoms with van der Waals surface area (Å²) >= 11 is 0. The summed E-state index contributed by atoms with van der Waals surface area (Å²) in [6.45, 7) is 1.66. The van der Waals surface area contributed by atoms with E-state index in [1.165, 1.54) is 13.3 Å². The van der Waals surface area contributed by atoms with Gasteiger partial charge < -0.3 is 20.4 Å². The Bertz CT molecular complexity index is 583. The third kappa shape index (κ3) is 3.95. The van der Waals surface area contributed by atoms with Crippen molar-refractivity contribution < 1.29 is 9.53 Å². The highest BCUT2D eigenvalue weighted by molar-refractivity contribution is 5.97. The van der Waals surface area contributed by atoms with Gasteiger partial charge >= 0.3 is 5.97 Å². The normalized spacial score (nSPS) is 10.3. The molecule has 2 heterocycles. The number of methoxy groups -OCH3 is 1. The van der Waals surface area contributed by atoms with Crippen molar-refractivity contribution in [3.05, 3.63) is 36.5 Å². The standard InChI is InChI=1S/C14H19N5O2/c1-21-14(20)11-4-6-18-13(12(11)15)17-5-2-3-8-19-9-7-16-10-19/h4,6-7,9-10H,2-3,5,8,15H2,1H3,(H,17,18). The van der Waals surface area contributed by atoms with Gasteiger partial charge in [0.15, 0.2) is 0 Å². The topological polar surface area (TPSA) is 95.1 Å². The van der Waals surface area contributed by atoms with E-state index >= 15 is 0 Å². The summed E-state index contributed by atoms with van der Waals surface area (Å²) in [5.41, 5.74) is 6.56. The molecule has 0 saturated carbocycles. The minimum absolute atomic E-state index is 0.318. The number of aryl methyl sites for hydroxylation is 1. The van der Waals surface area contributed by atoms with Crippen molar-refractivity contribution in [2.45, 2.75) is 19.4 Å². The number of hydrogen-bond donors (Lipinski definition) is 2. The predicted molar refractivity (Wildman–Crippen MR) is 79.9 cm³/mol. The predicted octanol–water partition coefficient (Wildman–Crippen LogP) is 1.54. The van der Waals surface area contributed by atoms with Crippen LogP contribution in [0.2, 0.25) is 0 Å². The highest BCUT2D eigenvalue weighted by Crippen LogP contribution is 2.20. The van der Waals surface area contributed by atoms with E-state index in [-0.39, 0.29) is 0 Å². The van der Waals surface area contributed by atoms with Crippen LogP contribution in [0.1, 0.15) is 23.2 Å². The first-order chi connectivity index (χ1) is 10.2. The molecule has 0 atom stereocenters. The Balaban J connectivity index is 1.81. The first-order valence-corrected chi connectivity index (χ1v) is 6.74. The molecule has 0 saturated heterocycles. The van der Waals surface area contributed by atoms with Gasteiger partial charge in [0.25, 0.3) is 0 Å². The number of nitrogens with one attached hydrogen (secondary N) is 1. The van der Waals surface area contributed by atoms with Gasteiger partial charge in [-0.1, -0.05) is 0 Å². The number of imidazole rings is 1. The maximum Gasteiger partial charge on any atom is 0.340 e. The van der Waals surface area contributed by atoms with Gasteiger partial charge in [0.05, 0.1) is 24.7 Å². The zero-order chi connectivity index (χ0) is 15.1. The van der Waals surface area contributed by atoms with Crippen molar-refractivity contribution in [3.63, 3.8) is 0 Å². The molecule has 2 aromatic rings. The lowest BCUT2D eigenvalue weighted by atomic mass is 10.2. The Hall–Kier alpha value is -2.57. The van der Waals surface area contributed by atoms with E-state index in [4.69, 9.17) is 5.73 Å². The number of nitrogen functional groups attached to an aromatic ring is 1. The second-order valence-electron chi connectivity index (χ2n) is 4.55. The molecule has 0 spiro atoms. The van der Waals surface area contributed by atoms with Crippen LogP contribution in [0.5, 0.6) is 0 Å². The van der Waals surface area contributed by atoms with Crippen LogP contribution in [0.4, 0.5) is 11.5 Å². The molecular weight excluding hydrogens is 270 g/mol.